The van der Waals surface area contributed by atoms with Gasteiger partial charge >= 0.3 is 0 Å². The van der Waals surface area contributed by atoms with Crippen LogP contribution in [0.5, 0.6) is 11.5 Å². The largest absolute Gasteiger partial charge is 0.507 e. The maximum Gasteiger partial charge on any atom is 0.266 e. The van der Waals surface area contributed by atoms with Crippen molar-refractivity contribution >= 4 is 0 Å². The van der Waals surface area contributed by atoms with E-state index in [2.05, 4.69) is 4.98 Å². The zero-order valence-corrected chi connectivity index (χ0v) is 13.8. The number of nitrogens with zero attached hydrogens (tertiary/aromatic N) is 1. The molecule has 3 rings (SSSR count). The van der Waals surface area contributed by atoms with Crippen LogP contribution in [0.2, 0.25) is 0 Å². The van der Waals surface area contributed by atoms with Gasteiger partial charge in [-0.1, -0.05) is 18.2 Å². The van der Waals surface area contributed by atoms with Crippen LogP contribution >= 0.6 is 0 Å². The normalized spacial score (nSPS) is 10.3. The zero-order chi connectivity index (χ0) is 18.0. The van der Waals surface area contributed by atoms with Crippen molar-refractivity contribution in [1.82, 2.24) is 4.98 Å². The maximum absolute atomic E-state index is 12.0. The molecule has 0 fully saturated rings. The van der Waals surface area contributed by atoms with Crippen LogP contribution < -0.4 is 10.3 Å². The number of rotatable bonds is 3. The van der Waals surface area contributed by atoms with Gasteiger partial charge in [0.2, 0.25) is 0 Å². The molecular formula is C20H16N2O3. The first-order chi connectivity index (χ1) is 12.0. The van der Waals surface area contributed by atoms with Gasteiger partial charge in [0, 0.05) is 16.8 Å². The van der Waals surface area contributed by atoms with E-state index in [0.29, 0.717) is 16.8 Å². The van der Waals surface area contributed by atoms with Gasteiger partial charge in [0.25, 0.3) is 5.56 Å². The summed E-state index contributed by atoms with van der Waals surface area (Å²) in [5.74, 6) is 0.762. The number of nitrogens with one attached hydrogen (secondary N) is 1. The summed E-state index contributed by atoms with van der Waals surface area (Å²) in [5, 5.41) is 19.6. The zero-order valence-electron chi connectivity index (χ0n) is 13.8. The number of aryl methyl sites for hydroxylation is 1. The fourth-order valence-electron chi connectivity index (χ4n) is 2.73. The fraction of sp³-hybridized carbons (Fsp3) is 0.100. The molecule has 0 unspecified atom stereocenters. The highest BCUT2D eigenvalue weighted by Gasteiger charge is 2.14. The number of aromatic hydroxyl groups is 1. The van der Waals surface area contributed by atoms with Gasteiger partial charge in [-0.3, -0.25) is 4.79 Å². The van der Waals surface area contributed by atoms with Gasteiger partial charge in [0.05, 0.1) is 7.11 Å². The lowest BCUT2D eigenvalue weighted by molar-refractivity contribution is 0.415. The third-order valence-electron chi connectivity index (χ3n) is 3.99. The van der Waals surface area contributed by atoms with Gasteiger partial charge in [-0.2, -0.15) is 5.26 Å². The molecule has 1 aromatic heterocycles. The summed E-state index contributed by atoms with van der Waals surface area (Å²) in [4.78, 5) is 14.6. The minimum absolute atomic E-state index is 0.0127. The lowest BCUT2D eigenvalue weighted by Gasteiger charge is -2.11. The van der Waals surface area contributed by atoms with E-state index in [0.717, 1.165) is 16.9 Å². The number of H-pyrrole nitrogens is 1. The van der Waals surface area contributed by atoms with Crippen molar-refractivity contribution < 1.29 is 9.84 Å². The summed E-state index contributed by atoms with van der Waals surface area (Å²) >= 11 is 0. The van der Waals surface area contributed by atoms with E-state index in [4.69, 9.17) is 4.74 Å². The Morgan fingerprint density at radius 2 is 1.72 bits per heavy atom. The molecule has 2 aromatic carbocycles. The van der Waals surface area contributed by atoms with Crippen molar-refractivity contribution in [3.63, 3.8) is 0 Å². The molecule has 25 heavy (non-hydrogen) atoms. The van der Waals surface area contributed by atoms with E-state index >= 15 is 0 Å². The van der Waals surface area contributed by atoms with E-state index < -0.39 is 5.56 Å². The fourth-order valence-corrected chi connectivity index (χ4v) is 2.73. The van der Waals surface area contributed by atoms with Gasteiger partial charge in [-0.05, 0) is 48.4 Å². The SMILES string of the molecule is COc1ccc(-c2ccc(O)c(-c3cc(C)[nH]c(=O)c3C#N)c2)cc1. The Labute approximate surface area is 144 Å². The number of phenols is 1. The second-order valence-electron chi connectivity index (χ2n) is 5.64. The highest BCUT2D eigenvalue weighted by molar-refractivity contribution is 5.80. The van der Waals surface area contributed by atoms with Gasteiger partial charge in [0.1, 0.15) is 23.1 Å². The molecule has 0 radical (unpaired) electrons. The Hall–Kier alpha value is -3.52. The van der Waals surface area contributed by atoms with Gasteiger partial charge in [-0.25, -0.2) is 0 Å². The minimum Gasteiger partial charge on any atom is -0.507 e. The van der Waals surface area contributed by atoms with Gasteiger partial charge < -0.3 is 14.8 Å². The topological polar surface area (TPSA) is 86.1 Å². The van der Waals surface area contributed by atoms with Crippen molar-refractivity contribution in [2.45, 2.75) is 6.92 Å². The van der Waals surface area contributed by atoms with Crippen LogP contribution in [0.4, 0.5) is 0 Å². The Morgan fingerprint density at radius 3 is 2.36 bits per heavy atom. The van der Waals surface area contributed by atoms with Crippen LogP contribution in [0.3, 0.4) is 0 Å². The molecule has 0 bridgehead atoms. The Kier molecular flexibility index (Phi) is 4.27. The smallest absolute Gasteiger partial charge is 0.266 e. The Balaban J connectivity index is 2.18. The van der Waals surface area contributed by atoms with E-state index in [1.165, 1.54) is 0 Å². The highest BCUT2D eigenvalue weighted by Crippen LogP contribution is 2.35. The number of nitriles is 1. The molecule has 0 spiro atoms. The average molecular weight is 332 g/mol. The van der Waals surface area contributed by atoms with E-state index in [9.17, 15) is 15.2 Å². The summed E-state index contributed by atoms with van der Waals surface area (Å²) in [6.45, 7) is 1.73. The highest BCUT2D eigenvalue weighted by atomic mass is 16.5. The van der Waals surface area contributed by atoms with E-state index in [1.54, 1.807) is 38.3 Å². The quantitative estimate of drug-likeness (QED) is 0.767. The van der Waals surface area contributed by atoms with Crippen molar-refractivity contribution in [2.75, 3.05) is 7.11 Å². The molecule has 0 aliphatic heterocycles. The monoisotopic (exact) mass is 332 g/mol. The first-order valence-electron chi connectivity index (χ1n) is 7.65. The number of ether oxygens (including phenoxy) is 1. The van der Waals surface area contributed by atoms with Crippen LogP contribution in [0, 0.1) is 18.3 Å². The number of methoxy groups -OCH3 is 1. The van der Waals surface area contributed by atoms with Crippen LogP contribution in [-0.2, 0) is 0 Å². The number of hydrogen-bond donors (Lipinski definition) is 2. The molecule has 0 saturated heterocycles. The summed E-state index contributed by atoms with van der Waals surface area (Å²) < 4.78 is 5.16. The molecule has 1 heterocycles. The molecule has 5 heteroatoms. The van der Waals surface area contributed by atoms with Gasteiger partial charge in [0.15, 0.2) is 0 Å². The Morgan fingerprint density at radius 1 is 1.04 bits per heavy atom. The van der Waals surface area contributed by atoms with Crippen LogP contribution in [0.1, 0.15) is 11.3 Å². The molecule has 0 atom stereocenters. The number of phenolic OH excluding ortho intramolecular Hbond substituents is 1. The molecular weight excluding hydrogens is 316 g/mol. The van der Waals surface area contributed by atoms with Crippen molar-refractivity contribution in [3.8, 4) is 39.8 Å². The summed E-state index contributed by atoms with van der Waals surface area (Å²) in [6, 6.07) is 16.2. The van der Waals surface area contributed by atoms with E-state index in [-0.39, 0.29) is 11.3 Å². The summed E-state index contributed by atoms with van der Waals surface area (Å²) in [7, 11) is 1.60. The van der Waals surface area contributed by atoms with Crippen molar-refractivity contribution in [2.24, 2.45) is 0 Å². The Bertz CT molecular complexity index is 1030. The van der Waals surface area contributed by atoms with Gasteiger partial charge in [-0.15, -0.1) is 0 Å². The van der Waals surface area contributed by atoms with Crippen molar-refractivity contribution in [1.29, 1.82) is 5.26 Å². The van der Waals surface area contributed by atoms with Crippen LogP contribution in [0.25, 0.3) is 22.3 Å². The van der Waals surface area contributed by atoms with Crippen LogP contribution in [0.15, 0.2) is 53.3 Å². The first kappa shape index (κ1) is 16.3. The predicted molar refractivity (Wildman–Crippen MR) is 95.6 cm³/mol. The molecule has 124 valence electrons. The number of hydrogen-bond acceptors (Lipinski definition) is 4. The average Bonchev–Trinajstić information content (AvgIpc) is 2.61. The molecule has 5 nitrogen and oxygen atoms in total. The van der Waals surface area contributed by atoms with Crippen molar-refractivity contribution in [3.05, 3.63) is 70.1 Å². The molecule has 0 aliphatic carbocycles. The standard InChI is InChI=1S/C20H16N2O3/c1-12-9-16(18(11-21)20(24)22-12)17-10-14(5-8-19(17)23)13-3-6-15(25-2)7-4-13/h3-10,23H,1-2H3,(H,22,24). The lowest BCUT2D eigenvalue weighted by Crippen LogP contribution is -2.12. The molecule has 0 amide bonds. The number of aromatic nitrogens is 1. The number of aromatic amines is 1. The first-order valence-corrected chi connectivity index (χ1v) is 7.65. The van der Waals surface area contributed by atoms with Crippen LogP contribution in [-0.4, -0.2) is 17.2 Å². The summed E-state index contributed by atoms with van der Waals surface area (Å²) in [6.07, 6.45) is 0. The summed E-state index contributed by atoms with van der Waals surface area (Å²) in [5.41, 5.74) is 2.78. The number of pyridine rings is 1. The van der Waals surface area contributed by atoms with E-state index in [1.807, 2.05) is 30.3 Å². The second-order valence-corrected chi connectivity index (χ2v) is 5.64. The third kappa shape index (κ3) is 3.10. The lowest BCUT2D eigenvalue weighted by atomic mass is 9.95. The molecule has 0 saturated carbocycles. The molecule has 3 aromatic rings. The predicted octanol–water partition coefficient (Wildman–Crippen LogP) is 3.60. The number of benzene rings is 2. The molecule has 2 N–H and O–H groups in total. The second kappa shape index (κ2) is 6.54. The third-order valence-corrected chi connectivity index (χ3v) is 3.99. The maximum atomic E-state index is 12.0. The molecule has 0 aliphatic rings. The minimum atomic E-state index is -0.466.